The monoisotopic (exact) mass is 492 g/mol. The molecule has 4 rings (SSSR count). The molecule has 1 heterocycles. The van der Waals surface area contributed by atoms with E-state index in [4.69, 9.17) is 16.3 Å². The minimum absolute atomic E-state index is 0.413. The molecule has 1 aromatic heterocycles. The number of hydrazone groups is 1. The van der Waals surface area contributed by atoms with Gasteiger partial charge in [-0.3, -0.25) is 9.59 Å². The number of halogens is 1. The Morgan fingerprint density at radius 1 is 1.09 bits per heavy atom. The summed E-state index contributed by atoms with van der Waals surface area (Å²) in [6.45, 7) is 0.413. The highest BCUT2D eigenvalue weighted by molar-refractivity contribution is 7.16. The van der Waals surface area contributed by atoms with Crippen LogP contribution >= 0.6 is 22.9 Å². The molecule has 0 spiro atoms. The van der Waals surface area contributed by atoms with Crippen molar-refractivity contribution in [3.8, 4) is 11.8 Å². The summed E-state index contributed by atoms with van der Waals surface area (Å²) >= 11 is 7.25. The predicted octanol–water partition coefficient (Wildman–Crippen LogP) is 4.82. The van der Waals surface area contributed by atoms with E-state index in [1.807, 2.05) is 24.3 Å². The molecule has 0 fully saturated rings. The quantitative estimate of drug-likeness (QED) is 0.292. The summed E-state index contributed by atoms with van der Waals surface area (Å²) in [5.41, 5.74) is 5.39. The van der Waals surface area contributed by atoms with Crippen molar-refractivity contribution in [1.29, 1.82) is 5.26 Å². The highest BCUT2D eigenvalue weighted by atomic mass is 35.5. The molecule has 7 nitrogen and oxygen atoms in total. The van der Waals surface area contributed by atoms with Crippen molar-refractivity contribution >= 4 is 46.0 Å². The molecule has 1 aliphatic carbocycles. The number of rotatable bonds is 6. The zero-order valence-electron chi connectivity index (χ0n) is 18.1. The van der Waals surface area contributed by atoms with Crippen molar-refractivity contribution in [2.75, 3.05) is 5.32 Å². The standard InChI is InChI=1S/C25H21ClN4O3S/c26-18-9-5-17(6-10-18)15-33-19-11-7-16(8-12-19)14-28-30-24(32)23(31)29-25-21(13-27)20-3-1-2-4-22(20)34-25/h5-12,14H,1-4,15H2,(H,29,31)(H,30,32)/b28-14-. The first kappa shape index (κ1) is 23.5. The number of carbonyl (C=O) groups excluding carboxylic acids is 2. The average molecular weight is 493 g/mol. The SMILES string of the molecule is N#Cc1c(NC(=O)C(=O)N/N=C\c2ccc(OCc3ccc(Cl)cc3)cc2)sc2c1CCCC2. The van der Waals surface area contributed by atoms with Gasteiger partial charge in [0, 0.05) is 9.90 Å². The fourth-order valence-electron chi connectivity index (χ4n) is 3.55. The zero-order valence-corrected chi connectivity index (χ0v) is 19.7. The highest BCUT2D eigenvalue weighted by Gasteiger charge is 2.23. The summed E-state index contributed by atoms with van der Waals surface area (Å²) in [5, 5.41) is 17.0. The fraction of sp³-hybridized carbons (Fsp3) is 0.200. The lowest BCUT2D eigenvalue weighted by atomic mass is 9.96. The number of benzene rings is 2. The fourth-order valence-corrected chi connectivity index (χ4v) is 4.91. The van der Waals surface area contributed by atoms with Crippen molar-refractivity contribution in [3.05, 3.63) is 80.7 Å². The molecule has 0 bridgehead atoms. The van der Waals surface area contributed by atoms with E-state index in [9.17, 15) is 14.9 Å². The Morgan fingerprint density at radius 2 is 1.82 bits per heavy atom. The maximum Gasteiger partial charge on any atom is 0.329 e. The molecule has 2 N–H and O–H groups in total. The third-order valence-corrected chi connectivity index (χ3v) is 6.75. The second kappa shape index (κ2) is 11.0. The molecule has 0 aliphatic heterocycles. The summed E-state index contributed by atoms with van der Waals surface area (Å²) in [6, 6.07) is 16.7. The van der Waals surface area contributed by atoms with Gasteiger partial charge in [-0.05, 0) is 78.8 Å². The number of hydrogen-bond acceptors (Lipinski definition) is 6. The number of fused-ring (bicyclic) bond motifs is 1. The summed E-state index contributed by atoms with van der Waals surface area (Å²) in [6.07, 6.45) is 5.24. The first-order chi connectivity index (χ1) is 16.5. The molecule has 0 radical (unpaired) electrons. The lowest BCUT2D eigenvalue weighted by Gasteiger charge is -2.09. The van der Waals surface area contributed by atoms with Gasteiger partial charge in [0.15, 0.2) is 0 Å². The number of nitrogens with one attached hydrogen (secondary N) is 2. The summed E-state index contributed by atoms with van der Waals surface area (Å²) in [4.78, 5) is 25.5. The van der Waals surface area contributed by atoms with E-state index in [1.165, 1.54) is 17.6 Å². The number of nitrogens with zero attached hydrogens (tertiary/aromatic N) is 2. The minimum Gasteiger partial charge on any atom is -0.489 e. The normalized spacial score (nSPS) is 12.6. The number of ether oxygens (including phenoxy) is 1. The number of hydrogen-bond donors (Lipinski definition) is 2. The Kier molecular flexibility index (Phi) is 7.58. The number of thiophene rings is 1. The molecular weight excluding hydrogens is 472 g/mol. The lowest BCUT2D eigenvalue weighted by molar-refractivity contribution is -0.136. The van der Waals surface area contributed by atoms with Crippen LogP contribution in [-0.2, 0) is 29.0 Å². The molecule has 0 unspecified atom stereocenters. The van der Waals surface area contributed by atoms with Crippen LogP contribution in [0.25, 0.3) is 0 Å². The second-order valence-electron chi connectivity index (χ2n) is 7.66. The Balaban J connectivity index is 1.28. The average Bonchev–Trinajstić information content (AvgIpc) is 3.21. The molecule has 0 saturated carbocycles. The van der Waals surface area contributed by atoms with Crippen LogP contribution in [0.2, 0.25) is 5.02 Å². The predicted molar refractivity (Wildman–Crippen MR) is 132 cm³/mol. The van der Waals surface area contributed by atoms with Gasteiger partial charge in [-0.15, -0.1) is 11.3 Å². The number of anilines is 1. The van der Waals surface area contributed by atoms with Gasteiger partial charge in [-0.2, -0.15) is 10.4 Å². The van der Waals surface area contributed by atoms with Crippen molar-refractivity contribution in [1.82, 2.24) is 5.43 Å². The highest BCUT2D eigenvalue weighted by Crippen LogP contribution is 2.37. The Hall–Kier alpha value is -3.67. The Labute approximate surface area is 206 Å². The Bertz CT molecular complexity index is 1260. The van der Waals surface area contributed by atoms with Crippen LogP contribution in [0.3, 0.4) is 0 Å². The van der Waals surface area contributed by atoms with Crippen molar-refractivity contribution in [2.45, 2.75) is 32.3 Å². The van der Waals surface area contributed by atoms with Gasteiger partial charge in [0.25, 0.3) is 0 Å². The van der Waals surface area contributed by atoms with E-state index in [-0.39, 0.29) is 0 Å². The smallest absolute Gasteiger partial charge is 0.329 e. The molecule has 34 heavy (non-hydrogen) atoms. The van der Waals surface area contributed by atoms with Crippen LogP contribution < -0.4 is 15.5 Å². The maximum absolute atomic E-state index is 12.3. The van der Waals surface area contributed by atoms with E-state index < -0.39 is 11.8 Å². The van der Waals surface area contributed by atoms with Crippen molar-refractivity contribution in [2.24, 2.45) is 5.10 Å². The van der Waals surface area contributed by atoms with E-state index in [1.54, 1.807) is 24.3 Å². The third kappa shape index (κ3) is 5.81. The van der Waals surface area contributed by atoms with E-state index in [0.29, 0.717) is 27.9 Å². The van der Waals surface area contributed by atoms with E-state index in [2.05, 4.69) is 21.9 Å². The molecule has 3 aromatic rings. The van der Waals surface area contributed by atoms with Gasteiger partial charge in [0.1, 0.15) is 23.4 Å². The van der Waals surface area contributed by atoms with Gasteiger partial charge < -0.3 is 10.1 Å². The number of amides is 2. The van der Waals surface area contributed by atoms with Crippen LogP contribution in [0.5, 0.6) is 5.75 Å². The van der Waals surface area contributed by atoms with Gasteiger partial charge >= 0.3 is 11.8 Å². The van der Waals surface area contributed by atoms with Crippen LogP contribution in [0, 0.1) is 11.3 Å². The minimum atomic E-state index is -0.908. The number of aryl methyl sites for hydroxylation is 1. The van der Waals surface area contributed by atoms with Gasteiger partial charge in [-0.1, -0.05) is 23.7 Å². The molecule has 1 aliphatic rings. The first-order valence-electron chi connectivity index (χ1n) is 10.7. The number of nitriles is 1. The first-order valence-corrected chi connectivity index (χ1v) is 11.9. The topological polar surface area (TPSA) is 104 Å². The second-order valence-corrected chi connectivity index (χ2v) is 9.21. The van der Waals surface area contributed by atoms with Crippen molar-refractivity contribution < 1.29 is 14.3 Å². The summed E-state index contributed by atoms with van der Waals surface area (Å²) in [7, 11) is 0. The summed E-state index contributed by atoms with van der Waals surface area (Å²) in [5.74, 6) is -1.09. The third-order valence-electron chi connectivity index (χ3n) is 5.29. The van der Waals surface area contributed by atoms with Gasteiger partial charge in [0.05, 0.1) is 11.8 Å². The van der Waals surface area contributed by atoms with E-state index in [0.717, 1.165) is 47.3 Å². The van der Waals surface area contributed by atoms with Crippen LogP contribution in [0.1, 0.15) is 40.0 Å². The van der Waals surface area contributed by atoms with Crippen LogP contribution in [0.15, 0.2) is 53.6 Å². The molecule has 2 aromatic carbocycles. The van der Waals surface area contributed by atoms with Crippen LogP contribution in [-0.4, -0.2) is 18.0 Å². The molecule has 2 amide bonds. The molecule has 9 heteroatoms. The molecule has 0 saturated heterocycles. The van der Waals surface area contributed by atoms with E-state index >= 15 is 0 Å². The number of carbonyl (C=O) groups is 2. The Morgan fingerprint density at radius 3 is 2.56 bits per heavy atom. The van der Waals surface area contributed by atoms with Gasteiger partial charge in [0.2, 0.25) is 0 Å². The lowest BCUT2D eigenvalue weighted by Crippen LogP contribution is -2.32. The largest absolute Gasteiger partial charge is 0.489 e. The summed E-state index contributed by atoms with van der Waals surface area (Å²) < 4.78 is 5.73. The molecular formula is C25H21ClN4O3S. The molecule has 172 valence electrons. The zero-order chi connectivity index (χ0) is 23.9. The van der Waals surface area contributed by atoms with Crippen LogP contribution in [0.4, 0.5) is 5.00 Å². The van der Waals surface area contributed by atoms with Gasteiger partial charge in [-0.25, -0.2) is 5.43 Å². The molecule has 0 atom stereocenters. The van der Waals surface area contributed by atoms with Crippen molar-refractivity contribution in [3.63, 3.8) is 0 Å². The maximum atomic E-state index is 12.3.